The third-order valence-electron chi connectivity index (χ3n) is 4.57. The van der Waals surface area contributed by atoms with Crippen molar-refractivity contribution in [2.45, 2.75) is 11.3 Å². The van der Waals surface area contributed by atoms with Crippen molar-refractivity contribution in [1.82, 2.24) is 9.13 Å². The molecule has 3 aromatic rings. The van der Waals surface area contributed by atoms with Crippen LogP contribution in [0, 0.1) is 0 Å². The van der Waals surface area contributed by atoms with Crippen LogP contribution in [0.2, 0.25) is 5.02 Å². The highest BCUT2D eigenvalue weighted by molar-refractivity contribution is 7.91. The quantitative estimate of drug-likeness (QED) is 0.614. The van der Waals surface area contributed by atoms with Gasteiger partial charge in [-0.25, -0.2) is 8.42 Å². The molecule has 29 heavy (non-hydrogen) atoms. The summed E-state index contributed by atoms with van der Waals surface area (Å²) in [6.45, 7) is 0. The summed E-state index contributed by atoms with van der Waals surface area (Å²) in [5.41, 5.74) is -0.329. The molecule has 8 nitrogen and oxygen atoms in total. The molecule has 0 spiro atoms. The lowest BCUT2D eigenvalue weighted by Gasteiger charge is -2.11. The van der Waals surface area contributed by atoms with Gasteiger partial charge >= 0.3 is 11.1 Å². The van der Waals surface area contributed by atoms with Crippen LogP contribution in [0.3, 0.4) is 0 Å². The molecule has 0 atom stereocenters. The van der Waals surface area contributed by atoms with Gasteiger partial charge in [-0.3, -0.25) is 14.4 Å². The SMILES string of the molecule is Cn1c(=O)c(=O)n(C)c2cc(S(=O)(=O)CCC(=O)Nc3ccccc3Cl)ccc21. The molecule has 0 fully saturated rings. The Hall–Kier alpha value is -2.91. The molecule has 10 heteroatoms. The molecule has 1 heterocycles. The number of carbonyl (C=O) groups excluding carboxylic acids is 1. The van der Waals surface area contributed by atoms with Gasteiger partial charge in [0.25, 0.3) is 0 Å². The molecule has 1 aromatic heterocycles. The van der Waals surface area contributed by atoms with E-state index in [-0.39, 0.29) is 11.3 Å². The number of hydrogen-bond donors (Lipinski definition) is 1. The summed E-state index contributed by atoms with van der Waals surface area (Å²) in [6, 6.07) is 10.8. The summed E-state index contributed by atoms with van der Waals surface area (Å²) in [4.78, 5) is 36.0. The second-order valence-corrected chi connectivity index (χ2v) is 8.99. The summed E-state index contributed by atoms with van der Waals surface area (Å²) in [6.07, 6.45) is -0.266. The third-order valence-corrected chi connectivity index (χ3v) is 6.61. The average molecular weight is 436 g/mol. The number of fused-ring (bicyclic) bond motifs is 1. The van der Waals surface area contributed by atoms with Gasteiger partial charge in [0.15, 0.2) is 9.84 Å². The first-order chi connectivity index (χ1) is 13.6. The van der Waals surface area contributed by atoms with E-state index >= 15 is 0 Å². The molecule has 3 rings (SSSR count). The molecule has 0 aliphatic carbocycles. The van der Waals surface area contributed by atoms with Crippen LogP contribution in [0.15, 0.2) is 56.9 Å². The van der Waals surface area contributed by atoms with Gasteiger partial charge in [-0.2, -0.15) is 0 Å². The van der Waals surface area contributed by atoms with Crippen molar-refractivity contribution in [1.29, 1.82) is 0 Å². The Bertz CT molecular complexity index is 1340. The lowest BCUT2D eigenvalue weighted by Crippen LogP contribution is -2.39. The van der Waals surface area contributed by atoms with Gasteiger partial charge < -0.3 is 14.5 Å². The van der Waals surface area contributed by atoms with Crippen LogP contribution >= 0.6 is 11.6 Å². The molecule has 0 aliphatic rings. The number of nitrogens with one attached hydrogen (secondary N) is 1. The Morgan fingerprint density at radius 1 is 1.00 bits per heavy atom. The number of para-hydroxylation sites is 1. The number of nitrogens with zero attached hydrogens (tertiary/aromatic N) is 2. The molecule has 1 amide bonds. The Kier molecular flexibility index (Phi) is 5.63. The second-order valence-electron chi connectivity index (χ2n) is 6.48. The van der Waals surface area contributed by atoms with E-state index in [9.17, 15) is 22.8 Å². The number of amides is 1. The number of rotatable bonds is 5. The van der Waals surface area contributed by atoms with Crippen LogP contribution in [0.25, 0.3) is 11.0 Å². The Morgan fingerprint density at radius 2 is 1.62 bits per heavy atom. The van der Waals surface area contributed by atoms with Crippen molar-refractivity contribution in [3.63, 3.8) is 0 Å². The van der Waals surface area contributed by atoms with Gasteiger partial charge in [0.05, 0.1) is 32.4 Å². The van der Waals surface area contributed by atoms with Crippen LogP contribution in [0.4, 0.5) is 5.69 Å². The van der Waals surface area contributed by atoms with Crippen molar-refractivity contribution in [3.05, 3.63) is 68.2 Å². The molecule has 0 bridgehead atoms. The van der Waals surface area contributed by atoms with Crippen molar-refractivity contribution in [2.24, 2.45) is 14.1 Å². The largest absolute Gasteiger partial charge is 0.325 e. The van der Waals surface area contributed by atoms with Crippen LogP contribution in [-0.2, 0) is 28.7 Å². The highest BCUT2D eigenvalue weighted by atomic mass is 35.5. The van der Waals surface area contributed by atoms with E-state index in [0.29, 0.717) is 21.7 Å². The van der Waals surface area contributed by atoms with E-state index in [0.717, 1.165) is 4.57 Å². The summed E-state index contributed by atoms with van der Waals surface area (Å²) in [5, 5.41) is 2.93. The lowest BCUT2D eigenvalue weighted by molar-refractivity contribution is -0.115. The second kappa shape index (κ2) is 7.84. The number of hydrogen-bond acceptors (Lipinski definition) is 5. The minimum Gasteiger partial charge on any atom is -0.325 e. The fourth-order valence-corrected chi connectivity index (χ4v) is 4.31. The molecule has 152 valence electrons. The predicted octanol–water partition coefficient (Wildman–Crippen LogP) is 1.69. The van der Waals surface area contributed by atoms with Gasteiger partial charge in [0, 0.05) is 20.5 Å². The highest BCUT2D eigenvalue weighted by Gasteiger charge is 2.19. The van der Waals surface area contributed by atoms with Crippen molar-refractivity contribution in [3.8, 4) is 0 Å². The summed E-state index contributed by atoms with van der Waals surface area (Å²) < 4.78 is 27.7. The summed E-state index contributed by atoms with van der Waals surface area (Å²) >= 11 is 5.98. The predicted molar refractivity (Wildman–Crippen MR) is 111 cm³/mol. The number of carbonyl (C=O) groups is 1. The molecular formula is C19H18ClN3O5S. The van der Waals surface area contributed by atoms with E-state index in [4.69, 9.17) is 11.6 Å². The average Bonchev–Trinajstić information content (AvgIpc) is 2.70. The van der Waals surface area contributed by atoms with Crippen LogP contribution in [0.1, 0.15) is 6.42 Å². The normalized spacial score (nSPS) is 11.6. The van der Waals surface area contributed by atoms with Gasteiger partial charge in [-0.15, -0.1) is 0 Å². The zero-order valence-corrected chi connectivity index (χ0v) is 17.2. The highest BCUT2D eigenvalue weighted by Crippen LogP contribution is 2.21. The molecule has 0 saturated heterocycles. The van der Waals surface area contributed by atoms with E-state index in [1.165, 1.54) is 36.9 Å². The fraction of sp³-hybridized carbons (Fsp3) is 0.211. The Labute approximate surface area is 171 Å². The monoisotopic (exact) mass is 435 g/mol. The van der Waals surface area contributed by atoms with Crippen molar-refractivity contribution < 1.29 is 13.2 Å². The van der Waals surface area contributed by atoms with Crippen molar-refractivity contribution in [2.75, 3.05) is 11.1 Å². The number of benzene rings is 2. The van der Waals surface area contributed by atoms with Crippen molar-refractivity contribution >= 4 is 44.1 Å². The van der Waals surface area contributed by atoms with Gasteiger partial charge in [-0.05, 0) is 30.3 Å². The maximum absolute atomic E-state index is 12.7. The maximum atomic E-state index is 12.7. The zero-order chi connectivity index (χ0) is 21.3. The Balaban J connectivity index is 1.85. The smallest absolute Gasteiger partial charge is 0.316 e. The van der Waals surface area contributed by atoms with E-state index in [2.05, 4.69) is 5.32 Å². The summed E-state index contributed by atoms with van der Waals surface area (Å²) in [7, 11) is -0.952. The molecular weight excluding hydrogens is 418 g/mol. The molecule has 0 saturated carbocycles. The topological polar surface area (TPSA) is 107 Å². The number of halogens is 1. The molecule has 1 N–H and O–H groups in total. The van der Waals surface area contributed by atoms with E-state index < -0.39 is 32.6 Å². The summed E-state index contributed by atoms with van der Waals surface area (Å²) in [5.74, 6) is -0.911. The Morgan fingerprint density at radius 3 is 2.28 bits per heavy atom. The molecule has 2 aromatic carbocycles. The van der Waals surface area contributed by atoms with Gasteiger partial charge in [-0.1, -0.05) is 23.7 Å². The minimum absolute atomic E-state index is 0.0378. The number of sulfone groups is 1. The zero-order valence-electron chi connectivity index (χ0n) is 15.7. The molecule has 0 unspecified atom stereocenters. The number of aromatic nitrogens is 2. The minimum atomic E-state index is -3.80. The molecule has 0 aliphatic heterocycles. The fourth-order valence-electron chi connectivity index (χ4n) is 2.87. The van der Waals surface area contributed by atoms with Crippen LogP contribution < -0.4 is 16.4 Å². The maximum Gasteiger partial charge on any atom is 0.316 e. The van der Waals surface area contributed by atoms with E-state index in [1.54, 1.807) is 24.3 Å². The van der Waals surface area contributed by atoms with Gasteiger partial charge in [0.1, 0.15) is 0 Å². The first kappa shape index (κ1) is 20.8. The number of aryl methyl sites for hydroxylation is 2. The molecule has 0 radical (unpaired) electrons. The van der Waals surface area contributed by atoms with E-state index in [1.807, 2.05) is 0 Å². The van der Waals surface area contributed by atoms with Crippen LogP contribution in [-0.4, -0.2) is 29.2 Å². The third kappa shape index (κ3) is 4.10. The standard InChI is InChI=1S/C19H18ClN3O5S/c1-22-15-8-7-12(11-16(15)23(2)19(26)18(22)25)29(27,28)10-9-17(24)21-14-6-4-3-5-13(14)20/h3-8,11H,9-10H2,1-2H3,(H,21,24). The van der Waals surface area contributed by atoms with Crippen LogP contribution in [0.5, 0.6) is 0 Å². The van der Waals surface area contributed by atoms with Gasteiger partial charge in [0.2, 0.25) is 5.91 Å². The lowest BCUT2D eigenvalue weighted by atomic mass is 10.3. The number of anilines is 1. The first-order valence-corrected chi connectivity index (χ1v) is 10.6. The first-order valence-electron chi connectivity index (χ1n) is 8.59.